The van der Waals surface area contributed by atoms with Crippen LogP contribution >= 0.6 is 34.5 Å². The third kappa shape index (κ3) is 2.08. The molecule has 1 unspecified atom stereocenters. The fourth-order valence-corrected chi connectivity index (χ4v) is 3.72. The van der Waals surface area contributed by atoms with Crippen LogP contribution in [0.15, 0.2) is 6.07 Å². The number of hydrogen-bond donors (Lipinski definition) is 1. The van der Waals surface area contributed by atoms with Crippen LogP contribution in [0, 0.1) is 5.92 Å². The van der Waals surface area contributed by atoms with Gasteiger partial charge < -0.3 is 5.73 Å². The molecule has 1 aliphatic carbocycles. The van der Waals surface area contributed by atoms with Crippen molar-refractivity contribution in [2.75, 3.05) is 0 Å². The normalized spacial score (nSPS) is 20.2. The lowest BCUT2D eigenvalue weighted by atomic mass is 9.94. The van der Waals surface area contributed by atoms with E-state index >= 15 is 0 Å². The van der Waals surface area contributed by atoms with Crippen LogP contribution in [0.3, 0.4) is 0 Å². The Morgan fingerprint density at radius 1 is 1.36 bits per heavy atom. The van der Waals surface area contributed by atoms with Gasteiger partial charge in [-0.2, -0.15) is 0 Å². The zero-order valence-electron chi connectivity index (χ0n) is 7.80. The number of halogens is 2. The second-order valence-electron chi connectivity index (χ2n) is 3.85. The highest BCUT2D eigenvalue weighted by Crippen LogP contribution is 2.40. The first-order chi connectivity index (χ1) is 6.68. The molecular formula is C10H13Cl2NS. The van der Waals surface area contributed by atoms with Crippen LogP contribution in [-0.4, -0.2) is 0 Å². The van der Waals surface area contributed by atoms with E-state index in [2.05, 4.69) is 0 Å². The lowest BCUT2D eigenvalue weighted by molar-refractivity contribution is 0.446. The first kappa shape index (κ1) is 10.7. The second kappa shape index (κ2) is 4.40. The first-order valence-corrected chi connectivity index (χ1v) is 6.46. The van der Waals surface area contributed by atoms with Crippen LogP contribution in [0.2, 0.25) is 8.67 Å². The summed E-state index contributed by atoms with van der Waals surface area (Å²) in [5.74, 6) is 0.596. The smallest absolute Gasteiger partial charge is 0.0991 e. The molecule has 4 heteroatoms. The fraction of sp³-hybridized carbons (Fsp3) is 0.600. The van der Waals surface area contributed by atoms with E-state index in [4.69, 9.17) is 28.9 Å². The molecule has 0 aromatic carbocycles. The molecule has 2 N–H and O–H groups in total. The van der Waals surface area contributed by atoms with Crippen LogP contribution in [0.25, 0.3) is 0 Å². The van der Waals surface area contributed by atoms with Gasteiger partial charge in [-0.1, -0.05) is 36.0 Å². The van der Waals surface area contributed by atoms with Gasteiger partial charge in [0.05, 0.1) is 8.67 Å². The third-order valence-corrected chi connectivity index (χ3v) is 4.47. The Balaban J connectivity index is 2.17. The number of hydrogen-bond acceptors (Lipinski definition) is 2. The zero-order chi connectivity index (χ0) is 10.1. The van der Waals surface area contributed by atoms with Gasteiger partial charge in [-0.05, 0) is 24.8 Å². The summed E-state index contributed by atoms with van der Waals surface area (Å²) in [6, 6.07) is 1.99. The molecule has 0 radical (unpaired) electrons. The standard InChI is InChI=1S/C10H13Cl2NS/c11-8-5-7(10(12)14-8)9(13)6-3-1-2-4-6/h5-6,9H,1-4,13H2. The van der Waals surface area contributed by atoms with Crippen molar-refractivity contribution in [2.24, 2.45) is 11.7 Å². The maximum atomic E-state index is 6.18. The van der Waals surface area contributed by atoms with Gasteiger partial charge in [0.25, 0.3) is 0 Å². The maximum Gasteiger partial charge on any atom is 0.0991 e. The van der Waals surface area contributed by atoms with Crippen molar-refractivity contribution in [1.29, 1.82) is 0 Å². The average molecular weight is 250 g/mol. The molecule has 1 atom stereocenters. The molecule has 14 heavy (non-hydrogen) atoms. The van der Waals surface area contributed by atoms with Gasteiger partial charge in [-0.3, -0.25) is 0 Å². The number of nitrogens with two attached hydrogens (primary N) is 1. The molecule has 1 aromatic rings. The lowest BCUT2D eigenvalue weighted by Crippen LogP contribution is -2.18. The molecule has 1 aliphatic rings. The van der Waals surface area contributed by atoms with E-state index in [1.165, 1.54) is 37.0 Å². The van der Waals surface area contributed by atoms with Gasteiger partial charge in [0.15, 0.2) is 0 Å². The molecule has 1 saturated carbocycles. The number of thiophene rings is 1. The molecule has 0 saturated heterocycles. The lowest BCUT2D eigenvalue weighted by Gasteiger charge is -2.17. The highest BCUT2D eigenvalue weighted by molar-refractivity contribution is 7.20. The van der Waals surface area contributed by atoms with Crippen molar-refractivity contribution in [1.82, 2.24) is 0 Å². The van der Waals surface area contributed by atoms with Crippen LogP contribution in [0.1, 0.15) is 37.3 Å². The molecule has 0 spiro atoms. The van der Waals surface area contributed by atoms with Crippen molar-refractivity contribution in [2.45, 2.75) is 31.7 Å². The van der Waals surface area contributed by atoms with E-state index in [1.54, 1.807) is 0 Å². The Hall–Kier alpha value is 0.240. The molecular weight excluding hydrogens is 237 g/mol. The summed E-state index contributed by atoms with van der Waals surface area (Å²) >= 11 is 13.4. The van der Waals surface area contributed by atoms with Crippen molar-refractivity contribution in [3.8, 4) is 0 Å². The summed E-state index contributed by atoms with van der Waals surface area (Å²) in [5.41, 5.74) is 7.21. The van der Waals surface area contributed by atoms with E-state index in [-0.39, 0.29) is 6.04 Å². The summed E-state index contributed by atoms with van der Waals surface area (Å²) in [5, 5.41) is 0. The van der Waals surface area contributed by atoms with Gasteiger partial charge in [-0.25, -0.2) is 0 Å². The monoisotopic (exact) mass is 249 g/mol. The SMILES string of the molecule is NC(c1cc(Cl)sc1Cl)C1CCCC1. The summed E-state index contributed by atoms with van der Waals surface area (Å²) < 4.78 is 1.49. The maximum absolute atomic E-state index is 6.18. The summed E-state index contributed by atoms with van der Waals surface area (Å²) in [4.78, 5) is 0. The Kier molecular flexibility index (Phi) is 3.38. The minimum Gasteiger partial charge on any atom is -0.324 e. The molecule has 78 valence electrons. The van der Waals surface area contributed by atoms with Crippen LogP contribution in [0.5, 0.6) is 0 Å². The Morgan fingerprint density at radius 3 is 2.50 bits per heavy atom. The fourth-order valence-electron chi connectivity index (χ4n) is 2.15. The minimum absolute atomic E-state index is 0.0775. The van der Waals surface area contributed by atoms with E-state index in [0.717, 1.165) is 14.2 Å². The highest BCUT2D eigenvalue weighted by Gasteiger charge is 2.25. The summed E-state index contributed by atoms with van der Waals surface area (Å²) in [6.07, 6.45) is 5.05. The van der Waals surface area contributed by atoms with Gasteiger partial charge in [0.1, 0.15) is 0 Å². The molecule has 0 aliphatic heterocycles. The average Bonchev–Trinajstić information content (AvgIpc) is 2.73. The second-order valence-corrected chi connectivity index (χ2v) is 6.14. The molecule has 1 nitrogen and oxygen atoms in total. The Morgan fingerprint density at radius 2 is 2.00 bits per heavy atom. The van der Waals surface area contributed by atoms with E-state index in [9.17, 15) is 0 Å². The predicted molar refractivity (Wildman–Crippen MR) is 63.2 cm³/mol. The van der Waals surface area contributed by atoms with E-state index in [0.29, 0.717) is 5.92 Å². The first-order valence-electron chi connectivity index (χ1n) is 4.89. The molecule has 1 fully saturated rings. The minimum atomic E-state index is 0.0775. The van der Waals surface area contributed by atoms with E-state index in [1.807, 2.05) is 6.07 Å². The summed E-state index contributed by atoms with van der Waals surface area (Å²) in [6.45, 7) is 0. The highest BCUT2D eigenvalue weighted by atomic mass is 35.5. The van der Waals surface area contributed by atoms with E-state index < -0.39 is 0 Å². The topological polar surface area (TPSA) is 26.0 Å². The van der Waals surface area contributed by atoms with Crippen LogP contribution in [-0.2, 0) is 0 Å². The van der Waals surface area contributed by atoms with Gasteiger partial charge in [-0.15, -0.1) is 11.3 Å². The largest absolute Gasteiger partial charge is 0.324 e. The van der Waals surface area contributed by atoms with Crippen LogP contribution in [0.4, 0.5) is 0 Å². The zero-order valence-corrected chi connectivity index (χ0v) is 10.1. The van der Waals surface area contributed by atoms with Gasteiger partial charge in [0.2, 0.25) is 0 Å². The summed E-state index contributed by atoms with van der Waals surface area (Å²) in [7, 11) is 0. The Bertz CT molecular complexity index is 318. The van der Waals surface area contributed by atoms with Crippen molar-refractivity contribution in [3.63, 3.8) is 0 Å². The molecule has 2 rings (SSSR count). The van der Waals surface area contributed by atoms with Crippen LogP contribution < -0.4 is 5.73 Å². The molecule has 1 aromatic heterocycles. The molecule has 0 amide bonds. The molecule has 0 bridgehead atoms. The van der Waals surface area contributed by atoms with Crippen molar-refractivity contribution >= 4 is 34.5 Å². The van der Waals surface area contributed by atoms with Crippen molar-refractivity contribution in [3.05, 3.63) is 20.3 Å². The molecule has 1 heterocycles. The predicted octanol–water partition coefficient (Wildman–Crippen LogP) is 4.24. The van der Waals surface area contributed by atoms with Crippen molar-refractivity contribution < 1.29 is 0 Å². The number of rotatable bonds is 2. The Labute approximate surface area is 98.2 Å². The van der Waals surface area contributed by atoms with Gasteiger partial charge >= 0.3 is 0 Å². The third-order valence-electron chi connectivity index (χ3n) is 2.95. The quantitative estimate of drug-likeness (QED) is 0.834. The van der Waals surface area contributed by atoms with Gasteiger partial charge in [0, 0.05) is 11.6 Å².